The van der Waals surface area contributed by atoms with Crippen LogP contribution in [0.5, 0.6) is 0 Å². The first-order chi connectivity index (χ1) is 14.0. The number of carbonyl (C=O) groups excluding carboxylic acids is 1. The highest BCUT2D eigenvalue weighted by atomic mass is 35.5. The monoisotopic (exact) mass is 424 g/mol. The Morgan fingerprint density at radius 3 is 2.66 bits per heavy atom. The second kappa shape index (κ2) is 7.98. The first kappa shape index (κ1) is 19.0. The van der Waals surface area contributed by atoms with E-state index in [9.17, 15) is 9.59 Å². The molecule has 3 aromatic rings. The van der Waals surface area contributed by atoms with Gasteiger partial charge in [-0.05, 0) is 60.3 Å². The Morgan fingerprint density at radius 2 is 1.93 bits per heavy atom. The van der Waals surface area contributed by atoms with Gasteiger partial charge in [0.2, 0.25) is 0 Å². The van der Waals surface area contributed by atoms with Gasteiger partial charge in [-0.3, -0.25) is 4.79 Å². The second-order valence-corrected chi connectivity index (χ2v) is 7.51. The van der Waals surface area contributed by atoms with E-state index in [1.165, 1.54) is 23.9 Å². The summed E-state index contributed by atoms with van der Waals surface area (Å²) < 4.78 is 5.80. The van der Waals surface area contributed by atoms with Crippen LogP contribution in [-0.4, -0.2) is 22.2 Å². The highest BCUT2D eigenvalue weighted by molar-refractivity contribution is 8.18. The number of carboxylic acids is 1. The number of furan rings is 1. The van der Waals surface area contributed by atoms with E-state index in [0.717, 1.165) is 5.56 Å². The standard InChI is InChI=1S/C21H13ClN2O4S/c22-14-3-1-2-13(10-14)17-9-8-16(28-17)11-18-19(25)24-21(29-18)23-15-6-4-12(5-7-15)20(26)27/h1-11H,(H,26,27)(H,23,24,25)/b18-11-. The van der Waals surface area contributed by atoms with Crippen LogP contribution in [0.4, 0.5) is 5.69 Å². The predicted octanol–water partition coefficient (Wildman–Crippen LogP) is 5.19. The molecule has 8 heteroatoms. The maximum absolute atomic E-state index is 12.2. The summed E-state index contributed by atoms with van der Waals surface area (Å²) >= 11 is 7.19. The lowest BCUT2D eigenvalue weighted by atomic mass is 10.2. The molecule has 1 saturated heterocycles. The van der Waals surface area contributed by atoms with Crippen LogP contribution in [0.15, 0.2) is 75.0 Å². The van der Waals surface area contributed by atoms with Crippen molar-refractivity contribution in [1.29, 1.82) is 0 Å². The molecule has 0 spiro atoms. The van der Waals surface area contributed by atoms with Gasteiger partial charge in [-0.1, -0.05) is 23.7 Å². The zero-order chi connectivity index (χ0) is 20.4. The van der Waals surface area contributed by atoms with Crippen LogP contribution >= 0.6 is 23.4 Å². The number of carbonyl (C=O) groups is 2. The van der Waals surface area contributed by atoms with Crippen molar-refractivity contribution < 1.29 is 19.1 Å². The number of rotatable bonds is 4. The van der Waals surface area contributed by atoms with E-state index < -0.39 is 5.97 Å². The minimum atomic E-state index is -1.01. The average molecular weight is 425 g/mol. The molecule has 29 heavy (non-hydrogen) atoms. The summed E-state index contributed by atoms with van der Waals surface area (Å²) in [5.41, 5.74) is 1.56. The third kappa shape index (κ3) is 4.42. The molecule has 144 valence electrons. The molecule has 0 atom stereocenters. The summed E-state index contributed by atoms with van der Waals surface area (Å²) in [6.45, 7) is 0. The fraction of sp³-hybridized carbons (Fsp3) is 0. The number of amidine groups is 1. The average Bonchev–Trinajstić information content (AvgIpc) is 3.29. The van der Waals surface area contributed by atoms with Gasteiger partial charge in [0.1, 0.15) is 11.5 Å². The Labute approximate surface area is 174 Å². The third-order valence-electron chi connectivity index (χ3n) is 4.01. The van der Waals surface area contributed by atoms with Crippen LogP contribution in [0.3, 0.4) is 0 Å². The number of halogens is 1. The van der Waals surface area contributed by atoms with Crippen LogP contribution in [0.1, 0.15) is 16.1 Å². The lowest BCUT2D eigenvalue weighted by molar-refractivity contribution is -0.115. The van der Waals surface area contributed by atoms with Crippen molar-refractivity contribution >= 4 is 52.2 Å². The van der Waals surface area contributed by atoms with Crippen molar-refractivity contribution in [3.8, 4) is 11.3 Å². The lowest BCUT2D eigenvalue weighted by Gasteiger charge is -1.97. The van der Waals surface area contributed by atoms with Crippen molar-refractivity contribution in [1.82, 2.24) is 5.32 Å². The van der Waals surface area contributed by atoms with Gasteiger partial charge in [0.15, 0.2) is 5.17 Å². The predicted molar refractivity (Wildman–Crippen MR) is 113 cm³/mol. The van der Waals surface area contributed by atoms with Crippen LogP contribution in [-0.2, 0) is 4.79 Å². The molecule has 0 saturated carbocycles. The number of nitrogens with one attached hydrogen (secondary N) is 1. The number of hydrogen-bond donors (Lipinski definition) is 2. The smallest absolute Gasteiger partial charge is 0.335 e. The molecular formula is C21H13ClN2O4S. The Kier molecular flexibility index (Phi) is 5.24. The van der Waals surface area contributed by atoms with Crippen LogP contribution in [0, 0.1) is 0 Å². The summed E-state index contributed by atoms with van der Waals surface area (Å²) in [7, 11) is 0. The van der Waals surface area contributed by atoms with E-state index in [1.54, 1.807) is 36.4 Å². The van der Waals surface area contributed by atoms with Crippen LogP contribution < -0.4 is 5.32 Å². The van der Waals surface area contributed by atoms with E-state index in [4.69, 9.17) is 21.1 Å². The Morgan fingerprint density at radius 1 is 1.14 bits per heavy atom. The first-order valence-electron chi connectivity index (χ1n) is 8.47. The topological polar surface area (TPSA) is 91.9 Å². The summed E-state index contributed by atoms with van der Waals surface area (Å²) in [6.07, 6.45) is 1.64. The molecule has 0 unspecified atom stereocenters. The molecule has 1 aliphatic heterocycles. The summed E-state index contributed by atoms with van der Waals surface area (Å²) in [5, 5.41) is 12.6. The minimum absolute atomic E-state index is 0.172. The van der Waals surface area contributed by atoms with Gasteiger partial charge in [0.25, 0.3) is 5.91 Å². The fourth-order valence-electron chi connectivity index (χ4n) is 2.63. The Hall–Kier alpha value is -3.29. The molecule has 1 aliphatic rings. The molecule has 2 heterocycles. The molecule has 6 nitrogen and oxygen atoms in total. The molecule has 0 bridgehead atoms. The highest BCUT2D eigenvalue weighted by Gasteiger charge is 2.24. The van der Waals surface area contributed by atoms with E-state index in [-0.39, 0.29) is 11.5 Å². The van der Waals surface area contributed by atoms with E-state index in [0.29, 0.717) is 32.3 Å². The number of amides is 1. The molecule has 2 aromatic carbocycles. The molecule has 1 fully saturated rings. The molecular weight excluding hydrogens is 412 g/mol. The number of carboxylic acid groups (broad SMARTS) is 1. The number of aromatic carboxylic acids is 1. The molecule has 1 aromatic heterocycles. The zero-order valence-corrected chi connectivity index (χ0v) is 16.3. The molecule has 0 aliphatic carbocycles. The number of benzene rings is 2. The summed E-state index contributed by atoms with van der Waals surface area (Å²) in [6, 6.07) is 17.0. The van der Waals surface area contributed by atoms with Gasteiger partial charge in [0.05, 0.1) is 16.2 Å². The number of thioether (sulfide) groups is 1. The highest BCUT2D eigenvalue weighted by Crippen LogP contribution is 2.30. The molecule has 1 amide bonds. The number of aliphatic imine (C=N–C) groups is 1. The fourth-order valence-corrected chi connectivity index (χ4v) is 3.65. The van der Waals surface area contributed by atoms with E-state index in [1.807, 2.05) is 18.2 Å². The van der Waals surface area contributed by atoms with Gasteiger partial charge in [0, 0.05) is 16.7 Å². The molecule has 4 rings (SSSR count). The second-order valence-electron chi connectivity index (χ2n) is 6.05. The van der Waals surface area contributed by atoms with Crippen molar-refractivity contribution in [2.24, 2.45) is 4.99 Å². The maximum atomic E-state index is 12.2. The number of hydrogen-bond acceptors (Lipinski definition) is 5. The summed E-state index contributed by atoms with van der Waals surface area (Å²) in [5.74, 6) is -0.106. The van der Waals surface area contributed by atoms with Gasteiger partial charge in [-0.25, -0.2) is 9.79 Å². The molecule has 0 radical (unpaired) electrons. The van der Waals surface area contributed by atoms with Gasteiger partial charge >= 0.3 is 5.97 Å². The van der Waals surface area contributed by atoms with Crippen molar-refractivity contribution in [3.63, 3.8) is 0 Å². The van der Waals surface area contributed by atoms with Crippen molar-refractivity contribution in [2.75, 3.05) is 0 Å². The minimum Gasteiger partial charge on any atom is -0.478 e. The SMILES string of the molecule is O=C1NC(=Nc2ccc(C(=O)O)cc2)S/C1=C\c1ccc(-c2cccc(Cl)c2)o1. The lowest BCUT2D eigenvalue weighted by Crippen LogP contribution is -2.19. The summed E-state index contributed by atoms with van der Waals surface area (Å²) in [4.78, 5) is 27.9. The van der Waals surface area contributed by atoms with Crippen LogP contribution in [0.2, 0.25) is 5.02 Å². The molecule has 2 N–H and O–H groups in total. The zero-order valence-electron chi connectivity index (χ0n) is 14.8. The largest absolute Gasteiger partial charge is 0.478 e. The van der Waals surface area contributed by atoms with Gasteiger partial charge in [-0.15, -0.1) is 0 Å². The maximum Gasteiger partial charge on any atom is 0.335 e. The van der Waals surface area contributed by atoms with Gasteiger partial charge < -0.3 is 14.8 Å². The van der Waals surface area contributed by atoms with E-state index in [2.05, 4.69) is 10.3 Å². The van der Waals surface area contributed by atoms with Crippen LogP contribution in [0.25, 0.3) is 17.4 Å². The van der Waals surface area contributed by atoms with Crippen molar-refractivity contribution in [2.45, 2.75) is 0 Å². The Bertz CT molecular complexity index is 1170. The number of nitrogens with zero attached hydrogens (tertiary/aromatic N) is 1. The third-order valence-corrected chi connectivity index (χ3v) is 5.15. The quantitative estimate of drug-likeness (QED) is 0.562. The normalized spacial score (nSPS) is 16.4. The van der Waals surface area contributed by atoms with Gasteiger partial charge in [-0.2, -0.15) is 0 Å². The van der Waals surface area contributed by atoms with Crippen molar-refractivity contribution in [3.05, 3.63) is 81.9 Å². The Balaban J connectivity index is 1.52. The first-order valence-corrected chi connectivity index (χ1v) is 9.66. The van der Waals surface area contributed by atoms with E-state index >= 15 is 0 Å².